The average Bonchev–Trinajstić information content (AvgIpc) is 3.80. The number of hydrogen-bond donors (Lipinski definition) is 0. The van der Waals surface area contributed by atoms with Gasteiger partial charge in [-0.25, -0.2) is 17.6 Å². The highest BCUT2D eigenvalue weighted by Gasteiger charge is 2.22. The molecule has 0 amide bonds. The highest BCUT2D eigenvalue weighted by atomic mass is 19.1. The molecule has 302 valence electrons. The molecule has 0 bridgehead atoms. The number of hydrogen-bond acceptors (Lipinski definition) is 0. The van der Waals surface area contributed by atoms with E-state index in [0.717, 1.165) is 98.8 Å². The third-order valence-corrected chi connectivity index (χ3v) is 13.1. The Morgan fingerprint density at radius 3 is 0.953 bits per heavy atom. The monoisotopic (exact) mass is 832 g/mol. The normalized spacial score (nSPS) is 12.1. The van der Waals surface area contributed by atoms with Gasteiger partial charge in [0.25, 0.3) is 0 Å². The van der Waals surface area contributed by atoms with Crippen molar-refractivity contribution in [2.45, 2.75) is 0 Å². The van der Waals surface area contributed by atoms with E-state index in [0.29, 0.717) is 21.5 Å². The zero-order chi connectivity index (χ0) is 42.8. The lowest BCUT2D eigenvalue weighted by Crippen LogP contribution is -1.98. The van der Waals surface area contributed by atoms with E-state index in [1.807, 2.05) is 24.3 Å². The Balaban J connectivity index is 1.19. The van der Waals surface area contributed by atoms with Crippen LogP contribution in [0.3, 0.4) is 0 Å². The van der Waals surface area contributed by atoms with Gasteiger partial charge < -0.3 is 9.13 Å². The SMILES string of the molecule is Fc1ccc2c(c1)c1cc(F)ccc1n2-c1ccc2c(-c3ccc4ccccc4c3)c3cc(-n4c5ccc(F)cc5c5cc(F)ccc54)ccc3c(-c3ccc4ccccc4c3)c2c1. The van der Waals surface area contributed by atoms with E-state index in [4.69, 9.17) is 0 Å². The molecule has 64 heavy (non-hydrogen) atoms. The number of aromatic nitrogens is 2. The van der Waals surface area contributed by atoms with Crippen molar-refractivity contribution >= 4 is 86.7 Å². The molecule has 11 aromatic carbocycles. The van der Waals surface area contributed by atoms with Gasteiger partial charge in [-0.1, -0.05) is 84.9 Å². The first-order chi connectivity index (χ1) is 31.3. The van der Waals surface area contributed by atoms with Crippen LogP contribution in [0.1, 0.15) is 0 Å². The lowest BCUT2D eigenvalue weighted by molar-refractivity contribution is 0.628. The standard InChI is InChI=1S/C58H32F4N2/c59-39-13-21-53-47(27-39)48-28-40(60)14-22-54(48)63(53)43-18-20-46-51(31-43)57(37-11-9-33-5-1-3-7-35(33)25-37)45-19-17-44(32-52(45)58(46)38-12-10-34-6-2-4-8-36(34)26-38)64-55-23-15-41(61)29-49(55)50-30-42(62)16-24-56(50)64/h1-32H. The Hall–Kier alpha value is -8.22. The van der Waals surface area contributed by atoms with Gasteiger partial charge in [-0.15, -0.1) is 0 Å². The molecule has 0 aliphatic carbocycles. The van der Waals surface area contributed by atoms with Gasteiger partial charge in [-0.05, 0) is 175 Å². The summed E-state index contributed by atoms with van der Waals surface area (Å²) in [6.07, 6.45) is 0. The molecule has 0 aliphatic heterocycles. The second-order valence-corrected chi connectivity index (χ2v) is 16.7. The third kappa shape index (κ3) is 5.45. The zero-order valence-corrected chi connectivity index (χ0v) is 33.9. The van der Waals surface area contributed by atoms with Crippen molar-refractivity contribution in [3.63, 3.8) is 0 Å². The van der Waals surface area contributed by atoms with Crippen LogP contribution in [-0.2, 0) is 0 Å². The Morgan fingerprint density at radius 1 is 0.250 bits per heavy atom. The van der Waals surface area contributed by atoms with Gasteiger partial charge in [0.1, 0.15) is 23.3 Å². The van der Waals surface area contributed by atoms with Crippen molar-refractivity contribution in [2.75, 3.05) is 0 Å². The molecule has 0 atom stereocenters. The minimum absolute atomic E-state index is 0.390. The van der Waals surface area contributed by atoms with Gasteiger partial charge in [0.05, 0.1) is 22.1 Å². The minimum Gasteiger partial charge on any atom is -0.309 e. The van der Waals surface area contributed by atoms with E-state index < -0.39 is 0 Å². The predicted molar refractivity (Wildman–Crippen MR) is 256 cm³/mol. The first-order valence-corrected chi connectivity index (χ1v) is 21.2. The summed E-state index contributed by atoms with van der Waals surface area (Å²) in [4.78, 5) is 0. The zero-order valence-electron chi connectivity index (χ0n) is 33.9. The molecular formula is C58H32F4N2. The highest BCUT2D eigenvalue weighted by molar-refractivity contribution is 6.23. The van der Waals surface area contributed by atoms with Gasteiger partial charge in [0.2, 0.25) is 0 Å². The molecule has 0 spiro atoms. The summed E-state index contributed by atoms with van der Waals surface area (Å²) >= 11 is 0. The smallest absolute Gasteiger partial charge is 0.123 e. The van der Waals surface area contributed by atoms with Crippen molar-refractivity contribution in [1.82, 2.24) is 9.13 Å². The summed E-state index contributed by atoms with van der Waals surface area (Å²) in [5, 5.41) is 11.0. The van der Waals surface area contributed by atoms with Crippen molar-refractivity contribution in [2.24, 2.45) is 0 Å². The Bertz CT molecular complexity index is 3750. The van der Waals surface area contributed by atoms with Crippen LogP contribution in [0.2, 0.25) is 0 Å². The molecule has 0 unspecified atom stereocenters. The average molecular weight is 833 g/mol. The predicted octanol–water partition coefficient (Wildman–Crippen LogP) is 16.4. The fourth-order valence-electron chi connectivity index (χ4n) is 10.3. The molecule has 0 radical (unpaired) electrons. The van der Waals surface area contributed by atoms with Crippen LogP contribution in [0, 0.1) is 23.3 Å². The van der Waals surface area contributed by atoms with E-state index >= 15 is 0 Å². The Morgan fingerprint density at radius 2 is 0.594 bits per heavy atom. The molecule has 2 aromatic heterocycles. The summed E-state index contributed by atoms with van der Waals surface area (Å²) < 4.78 is 63.6. The van der Waals surface area contributed by atoms with Gasteiger partial charge in [0, 0.05) is 32.9 Å². The van der Waals surface area contributed by atoms with E-state index in [9.17, 15) is 17.6 Å². The second kappa shape index (κ2) is 13.6. The Kier molecular flexibility index (Phi) is 7.76. The van der Waals surface area contributed by atoms with Crippen molar-refractivity contribution in [3.8, 4) is 33.6 Å². The molecule has 0 saturated heterocycles. The molecule has 2 heterocycles. The maximum atomic E-state index is 14.9. The number of fused-ring (bicyclic) bond motifs is 10. The van der Waals surface area contributed by atoms with Crippen LogP contribution >= 0.6 is 0 Å². The fourth-order valence-corrected chi connectivity index (χ4v) is 10.3. The number of benzene rings is 11. The third-order valence-electron chi connectivity index (χ3n) is 13.1. The second-order valence-electron chi connectivity index (χ2n) is 16.7. The van der Waals surface area contributed by atoms with E-state index in [1.165, 1.54) is 48.5 Å². The van der Waals surface area contributed by atoms with Crippen molar-refractivity contribution in [1.29, 1.82) is 0 Å². The molecular weight excluding hydrogens is 801 g/mol. The number of halogens is 4. The van der Waals surface area contributed by atoms with Crippen molar-refractivity contribution < 1.29 is 17.6 Å². The van der Waals surface area contributed by atoms with Gasteiger partial charge >= 0.3 is 0 Å². The molecule has 6 heteroatoms. The Labute approximate surface area is 363 Å². The summed E-state index contributed by atoms with van der Waals surface area (Å²) in [6.45, 7) is 0. The quantitative estimate of drug-likeness (QED) is 0.123. The minimum atomic E-state index is -0.390. The van der Waals surface area contributed by atoms with Crippen LogP contribution in [-0.4, -0.2) is 9.13 Å². The van der Waals surface area contributed by atoms with E-state index in [1.54, 1.807) is 24.3 Å². The van der Waals surface area contributed by atoms with Crippen LogP contribution in [0.5, 0.6) is 0 Å². The summed E-state index contributed by atoms with van der Waals surface area (Å²) in [7, 11) is 0. The molecule has 2 nitrogen and oxygen atoms in total. The van der Waals surface area contributed by atoms with Gasteiger partial charge in [0.15, 0.2) is 0 Å². The summed E-state index contributed by atoms with van der Waals surface area (Å²) in [6, 6.07) is 61.5. The van der Waals surface area contributed by atoms with E-state index in [-0.39, 0.29) is 23.3 Å². The maximum Gasteiger partial charge on any atom is 0.123 e. The molecule has 13 aromatic rings. The lowest BCUT2D eigenvalue weighted by Gasteiger charge is -2.21. The molecule has 13 rings (SSSR count). The largest absolute Gasteiger partial charge is 0.309 e. The van der Waals surface area contributed by atoms with Crippen LogP contribution in [0.15, 0.2) is 194 Å². The van der Waals surface area contributed by atoms with E-state index in [2.05, 4.69) is 106 Å². The van der Waals surface area contributed by atoms with Crippen molar-refractivity contribution in [3.05, 3.63) is 217 Å². The molecule has 0 saturated carbocycles. The summed E-state index contributed by atoms with van der Waals surface area (Å²) in [5.41, 5.74) is 8.85. The summed E-state index contributed by atoms with van der Waals surface area (Å²) in [5.74, 6) is -1.56. The molecule has 0 N–H and O–H groups in total. The first-order valence-electron chi connectivity index (χ1n) is 21.2. The number of nitrogens with zero attached hydrogens (tertiary/aromatic N) is 2. The molecule has 0 aliphatic rings. The molecule has 0 fully saturated rings. The van der Waals surface area contributed by atoms with Gasteiger partial charge in [-0.3, -0.25) is 0 Å². The topological polar surface area (TPSA) is 9.86 Å². The lowest BCUT2D eigenvalue weighted by atomic mass is 9.84. The van der Waals surface area contributed by atoms with Crippen LogP contribution in [0.4, 0.5) is 17.6 Å². The van der Waals surface area contributed by atoms with Crippen LogP contribution in [0.25, 0.3) is 120 Å². The number of rotatable bonds is 4. The highest BCUT2D eigenvalue weighted by Crippen LogP contribution is 2.47. The van der Waals surface area contributed by atoms with Gasteiger partial charge in [-0.2, -0.15) is 0 Å². The maximum absolute atomic E-state index is 14.9. The first kappa shape index (κ1) is 36.4. The fraction of sp³-hybridized carbons (Fsp3) is 0. The van der Waals surface area contributed by atoms with Crippen LogP contribution < -0.4 is 0 Å².